The molecular weight excluding hydrogens is 1100 g/mol. The van der Waals surface area contributed by atoms with Gasteiger partial charge in [0.2, 0.25) is 65.0 Å². The highest BCUT2D eigenvalue weighted by Crippen LogP contribution is 2.21. The van der Waals surface area contributed by atoms with Crippen molar-refractivity contribution in [3.8, 4) is 0 Å². The number of aliphatic hydroxyl groups excluding tert-OH is 1. The van der Waals surface area contributed by atoms with Crippen LogP contribution in [0.4, 0.5) is 0 Å². The fraction of sp³-hybridized carbons (Fsp3) is 0.635. The summed E-state index contributed by atoms with van der Waals surface area (Å²) in [5, 5.41) is 30.0. The van der Waals surface area contributed by atoms with E-state index < -0.39 is 138 Å². The first-order valence-corrected chi connectivity index (χ1v) is 30.4. The average Bonchev–Trinajstić information content (AvgIpc) is 1.92. The highest BCUT2D eigenvalue weighted by molar-refractivity contribution is 6.00. The molecule has 2 aliphatic rings. The summed E-state index contributed by atoms with van der Waals surface area (Å²) < 4.78 is 0. The number of piperidine rings is 1. The molecule has 0 aliphatic carbocycles. The van der Waals surface area contributed by atoms with Crippen molar-refractivity contribution in [2.45, 2.75) is 200 Å². The Hall–Kier alpha value is -7.43. The van der Waals surface area contributed by atoms with E-state index in [-0.39, 0.29) is 49.3 Å². The molecule has 0 radical (unpaired) electrons. The van der Waals surface area contributed by atoms with E-state index in [1.165, 1.54) is 46.8 Å². The third-order valence-electron chi connectivity index (χ3n) is 16.3. The third kappa shape index (κ3) is 20.4. The van der Waals surface area contributed by atoms with Crippen LogP contribution in [0.25, 0.3) is 0 Å². The Balaban J connectivity index is 1.79. The minimum absolute atomic E-state index is 0.0381. The van der Waals surface area contributed by atoms with Crippen LogP contribution in [0.1, 0.15) is 132 Å². The lowest BCUT2D eigenvalue weighted by Gasteiger charge is -2.36. The van der Waals surface area contributed by atoms with Gasteiger partial charge in [-0.05, 0) is 87.7 Å². The van der Waals surface area contributed by atoms with E-state index in [0.29, 0.717) is 30.6 Å². The van der Waals surface area contributed by atoms with Gasteiger partial charge < -0.3 is 61.9 Å². The quantitative estimate of drug-likeness (QED) is 0.100. The van der Waals surface area contributed by atoms with Crippen molar-refractivity contribution in [3.05, 3.63) is 71.8 Å². The fourth-order valence-electron chi connectivity index (χ4n) is 10.5. The summed E-state index contributed by atoms with van der Waals surface area (Å²) in [5.74, 6) is -9.59. The largest absolute Gasteiger partial charge is 0.391 e. The highest BCUT2D eigenvalue weighted by Gasteiger charge is 2.42. The van der Waals surface area contributed by atoms with Crippen LogP contribution in [0.5, 0.6) is 0 Å². The zero-order chi connectivity index (χ0) is 64.3. The van der Waals surface area contributed by atoms with Crippen LogP contribution in [0, 0.1) is 23.7 Å². The summed E-state index contributed by atoms with van der Waals surface area (Å²) in [6, 6.07) is 3.96. The number of carbonyl (C=O) groups is 11. The van der Waals surface area contributed by atoms with E-state index >= 15 is 0 Å². The van der Waals surface area contributed by atoms with Crippen LogP contribution in [0.15, 0.2) is 60.7 Å². The van der Waals surface area contributed by atoms with Gasteiger partial charge in [-0.25, -0.2) is 0 Å². The second-order valence-electron chi connectivity index (χ2n) is 24.6. The van der Waals surface area contributed by atoms with Crippen LogP contribution in [-0.4, -0.2) is 190 Å². The summed E-state index contributed by atoms with van der Waals surface area (Å²) in [4.78, 5) is 164. The van der Waals surface area contributed by atoms with Gasteiger partial charge in [0, 0.05) is 47.1 Å². The standard InChI is InChI=1S/C63H97N11O12/c1-15-39(8)52(63(86)74-29-23-18-24-30-74)69-59(82)48(32-37(4)5)72(13)61(84)51(38(6)7)68-57(80)46-35-50(76)64-40(9)54(77)65-45(31-36(2)3)56(79)70-53(42(11)75)62(85)73(14)49(34-44-27-21-17-22-28-44)58(81)67-47(33-43-25-19-16-20-26-43)60(83)71(12)41(10)55(78)66-46/h16-17,19-22,25-28,36-42,45-49,51-53,75H,15,18,23-24,29-35H2,1-14H3,(H,64,76)(H,65,77)(H,66,78)(H,67,81)(H,68,80)(H,69,82)(H,70,79)/t39-,40-,41-,42+,45-,46-,47-,48-,49-,51-,52-,53-/m0/s1. The number of nitrogens with one attached hydrogen (secondary N) is 7. The first-order valence-electron chi connectivity index (χ1n) is 30.4. The van der Waals surface area contributed by atoms with Gasteiger partial charge >= 0.3 is 0 Å². The number of benzene rings is 2. The lowest BCUT2D eigenvalue weighted by Crippen LogP contribution is -2.63. The number of carbonyl (C=O) groups excluding carboxylic acids is 11. The van der Waals surface area contributed by atoms with Crippen molar-refractivity contribution in [1.29, 1.82) is 0 Å². The molecule has 2 aliphatic heterocycles. The Kier molecular flexibility index (Phi) is 27.7. The molecule has 23 heteroatoms. The number of rotatable bonds is 19. The topological polar surface area (TPSA) is 305 Å². The molecule has 2 heterocycles. The third-order valence-corrected chi connectivity index (χ3v) is 16.3. The molecule has 2 aromatic carbocycles. The fourth-order valence-corrected chi connectivity index (χ4v) is 10.5. The maximum Gasteiger partial charge on any atom is 0.248 e. The minimum Gasteiger partial charge on any atom is -0.391 e. The molecule has 2 saturated heterocycles. The molecule has 0 unspecified atom stereocenters. The predicted molar refractivity (Wildman–Crippen MR) is 325 cm³/mol. The Labute approximate surface area is 508 Å². The van der Waals surface area contributed by atoms with Gasteiger partial charge in [0.25, 0.3) is 0 Å². The maximum atomic E-state index is 14.9. The maximum absolute atomic E-state index is 14.9. The highest BCUT2D eigenvalue weighted by atomic mass is 16.3. The van der Waals surface area contributed by atoms with Gasteiger partial charge in [-0.15, -0.1) is 0 Å². The van der Waals surface area contributed by atoms with Crippen molar-refractivity contribution in [2.75, 3.05) is 34.2 Å². The first-order chi connectivity index (χ1) is 40.5. The first kappa shape index (κ1) is 71.1. The number of likely N-dealkylation sites (tertiary alicyclic amines) is 1. The van der Waals surface area contributed by atoms with Gasteiger partial charge in [-0.3, -0.25) is 52.7 Å². The average molecular weight is 1200 g/mol. The van der Waals surface area contributed by atoms with Crippen molar-refractivity contribution < 1.29 is 57.8 Å². The SMILES string of the molecule is CC[C@H](C)[C@H](NC(=O)[C@H](CC(C)C)N(C)C(=O)[C@@H](NC(=O)[C@@H]1CC(=O)N[C@@H](C)C(=O)N[C@@H](CC(C)C)C(=O)N[C@@H]([C@@H](C)O)C(=O)N(C)[C@@H](Cc2ccccc2)C(=O)N[C@@H](Cc2ccccc2)C(=O)N(C)[C@@H](C)C(=O)N1)C(C)C)C(=O)N1CCCCC1. The van der Waals surface area contributed by atoms with Gasteiger partial charge in [0.1, 0.15) is 60.4 Å². The van der Waals surface area contributed by atoms with Crippen LogP contribution in [0.2, 0.25) is 0 Å². The van der Waals surface area contributed by atoms with Gasteiger partial charge in [0.15, 0.2) is 0 Å². The Morgan fingerprint density at radius 3 is 1.76 bits per heavy atom. The molecule has 476 valence electrons. The molecule has 0 spiro atoms. The van der Waals surface area contributed by atoms with Crippen LogP contribution >= 0.6 is 0 Å². The van der Waals surface area contributed by atoms with Gasteiger partial charge in [0.05, 0.1) is 12.5 Å². The molecule has 11 amide bonds. The Morgan fingerprint density at radius 2 is 1.22 bits per heavy atom. The number of nitrogens with zero attached hydrogens (tertiary/aromatic N) is 4. The van der Waals surface area contributed by atoms with Gasteiger partial charge in [-0.2, -0.15) is 0 Å². The lowest BCUT2D eigenvalue weighted by atomic mass is 9.94. The number of likely N-dealkylation sites (N-methyl/N-ethyl adjacent to an activating group) is 3. The zero-order valence-electron chi connectivity index (χ0n) is 52.9. The monoisotopic (exact) mass is 1200 g/mol. The second kappa shape index (κ2) is 33.5. The molecule has 23 nitrogen and oxygen atoms in total. The summed E-state index contributed by atoms with van der Waals surface area (Å²) in [6.07, 6.45) is 1.03. The lowest BCUT2D eigenvalue weighted by molar-refractivity contribution is -0.146. The van der Waals surface area contributed by atoms with Gasteiger partial charge in [-0.1, -0.05) is 122 Å². The van der Waals surface area contributed by atoms with E-state index in [0.717, 1.165) is 29.1 Å². The molecule has 4 rings (SSSR count). The zero-order valence-corrected chi connectivity index (χ0v) is 52.9. The number of hydrogen-bond acceptors (Lipinski definition) is 12. The summed E-state index contributed by atoms with van der Waals surface area (Å²) in [5.41, 5.74) is 1.24. The van der Waals surface area contributed by atoms with E-state index in [1.807, 2.05) is 27.7 Å². The molecule has 86 heavy (non-hydrogen) atoms. The molecule has 0 aromatic heterocycles. The van der Waals surface area contributed by atoms with E-state index in [4.69, 9.17) is 0 Å². The summed E-state index contributed by atoms with van der Waals surface area (Å²) >= 11 is 0. The van der Waals surface area contributed by atoms with Crippen molar-refractivity contribution in [3.63, 3.8) is 0 Å². The second-order valence-corrected chi connectivity index (χ2v) is 24.6. The molecule has 0 saturated carbocycles. The van der Waals surface area contributed by atoms with Crippen molar-refractivity contribution in [2.24, 2.45) is 23.7 Å². The summed E-state index contributed by atoms with van der Waals surface area (Å²) in [7, 11) is 4.09. The molecule has 2 fully saturated rings. The van der Waals surface area contributed by atoms with E-state index in [2.05, 4.69) is 37.2 Å². The smallest absolute Gasteiger partial charge is 0.248 e. The van der Waals surface area contributed by atoms with Crippen LogP contribution in [-0.2, 0) is 65.6 Å². The predicted octanol–water partition coefficient (Wildman–Crippen LogP) is 1.98. The number of aliphatic hydroxyl groups is 1. The molecule has 8 N–H and O–H groups in total. The van der Waals surface area contributed by atoms with Crippen molar-refractivity contribution >= 4 is 65.0 Å². The molecule has 12 atom stereocenters. The molecular formula is C63H97N11O12. The number of amides is 11. The Bertz CT molecular complexity index is 2650. The normalized spacial score (nSPS) is 23.7. The van der Waals surface area contributed by atoms with Crippen LogP contribution in [0.3, 0.4) is 0 Å². The minimum atomic E-state index is -1.77. The number of hydrogen-bond donors (Lipinski definition) is 8. The van der Waals surface area contributed by atoms with E-state index in [1.54, 1.807) is 93.3 Å². The molecule has 2 aromatic rings. The summed E-state index contributed by atoms with van der Waals surface area (Å²) in [6.45, 7) is 19.6. The van der Waals surface area contributed by atoms with Crippen LogP contribution < -0.4 is 37.2 Å². The molecule has 0 bridgehead atoms. The van der Waals surface area contributed by atoms with E-state index in [9.17, 15) is 57.8 Å². The Morgan fingerprint density at radius 1 is 0.651 bits per heavy atom. The van der Waals surface area contributed by atoms with Crippen molar-refractivity contribution in [1.82, 2.24) is 56.8 Å².